The molecule has 0 bridgehead atoms. The zero-order valence-corrected chi connectivity index (χ0v) is 13.9. The summed E-state index contributed by atoms with van der Waals surface area (Å²) in [4.78, 5) is 12.4. The van der Waals surface area contributed by atoms with E-state index in [-0.39, 0.29) is 0 Å². The van der Waals surface area contributed by atoms with Crippen molar-refractivity contribution in [2.45, 2.75) is 6.92 Å². The Hall–Kier alpha value is -2.40. The van der Waals surface area contributed by atoms with Crippen molar-refractivity contribution < 1.29 is 18.6 Å². The molecule has 0 aliphatic heterocycles. The van der Waals surface area contributed by atoms with E-state index in [9.17, 15) is 4.79 Å². The molecule has 0 unspecified atom stereocenters. The monoisotopic (exact) mass is 334 g/mol. The lowest BCUT2D eigenvalue weighted by Crippen LogP contribution is -2.04. The summed E-state index contributed by atoms with van der Waals surface area (Å²) in [7, 11) is 4.56. The summed E-state index contributed by atoms with van der Waals surface area (Å²) < 4.78 is 21.3. The second-order valence-corrected chi connectivity index (χ2v) is 5.41. The maximum Gasteiger partial charge on any atom is 0.347 e. The molecular weight excluding hydrogens is 320 g/mol. The highest BCUT2D eigenvalue weighted by Crippen LogP contribution is 2.40. The minimum Gasteiger partial charge on any atom is -0.497 e. The van der Waals surface area contributed by atoms with Gasteiger partial charge in [-0.25, -0.2) is 4.79 Å². The van der Waals surface area contributed by atoms with Crippen LogP contribution < -0.4 is 19.8 Å². The lowest BCUT2D eigenvalue weighted by molar-refractivity contribution is 0.397. The Bertz CT molecular complexity index is 975. The average Bonchev–Trinajstić information content (AvgIpc) is 2.56. The standard InChI is InChI=1S/C17H15ClO5/c1-8-14-10-5-9(20-2)6-11(21-3)15(10)17(19)23-12(14)7-13(22-4)16(8)18/h5-7H,1-4H3. The van der Waals surface area contributed by atoms with Crippen molar-refractivity contribution in [2.75, 3.05) is 21.3 Å². The number of ether oxygens (including phenoxy) is 3. The van der Waals surface area contributed by atoms with Gasteiger partial charge in [-0.2, -0.15) is 0 Å². The van der Waals surface area contributed by atoms with Crippen LogP contribution in [0.2, 0.25) is 5.02 Å². The fraction of sp³-hybridized carbons (Fsp3) is 0.235. The number of hydrogen-bond donors (Lipinski definition) is 0. The summed E-state index contributed by atoms with van der Waals surface area (Å²) >= 11 is 6.35. The van der Waals surface area contributed by atoms with E-state index >= 15 is 0 Å². The molecule has 0 radical (unpaired) electrons. The number of benzene rings is 2. The molecule has 2 aromatic carbocycles. The van der Waals surface area contributed by atoms with Gasteiger partial charge in [0.15, 0.2) is 0 Å². The Morgan fingerprint density at radius 1 is 0.957 bits per heavy atom. The summed E-state index contributed by atoms with van der Waals surface area (Å²) in [5.41, 5.74) is 0.664. The van der Waals surface area contributed by atoms with Crippen LogP contribution in [0.4, 0.5) is 0 Å². The molecule has 0 saturated heterocycles. The maximum absolute atomic E-state index is 12.4. The quantitative estimate of drug-likeness (QED) is 0.536. The predicted octanol–water partition coefficient (Wildman–Crippen LogP) is 3.93. The van der Waals surface area contributed by atoms with Crippen molar-refractivity contribution in [1.29, 1.82) is 0 Å². The first kappa shape index (κ1) is 15.5. The minimum atomic E-state index is -0.490. The van der Waals surface area contributed by atoms with Gasteiger partial charge in [-0.05, 0) is 18.6 Å². The van der Waals surface area contributed by atoms with Gasteiger partial charge in [-0.1, -0.05) is 11.6 Å². The summed E-state index contributed by atoms with van der Waals surface area (Å²) in [6.07, 6.45) is 0. The predicted molar refractivity (Wildman–Crippen MR) is 89.4 cm³/mol. The molecule has 1 aromatic heterocycles. The van der Waals surface area contributed by atoms with Gasteiger partial charge in [0.05, 0.1) is 26.4 Å². The topological polar surface area (TPSA) is 57.9 Å². The Morgan fingerprint density at radius 3 is 2.26 bits per heavy atom. The molecule has 0 amide bonds. The van der Waals surface area contributed by atoms with Crippen LogP contribution in [0.1, 0.15) is 5.56 Å². The highest BCUT2D eigenvalue weighted by Gasteiger charge is 2.19. The van der Waals surface area contributed by atoms with Crippen LogP contribution in [0.3, 0.4) is 0 Å². The minimum absolute atomic E-state index is 0.352. The molecular formula is C17H15ClO5. The van der Waals surface area contributed by atoms with Gasteiger partial charge in [0.1, 0.15) is 28.2 Å². The molecule has 5 nitrogen and oxygen atoms in total. The first-order valence-electron chi connectivity index (χ1n) is 6.87. The van der Waals surface area contributed by atoms with E-state index in [2.05, 4.69) is 0 Å². The van der Waals surface area contributed by atoms with E-state index in [1.54, 1.807) is 25.3 Å². The zero-order valence-electron chi connectivity index (χ0n) is 13.2. The van der Waals surface area contributed by atoms with Crippen LogP contribution in [0, 0.1) is 6.92 Å². The molecule has 0 saturated carbocycles. The van der Waals surface area contributed by atoms with E-state index in [0.717, 1.165) is 10.9 Å². The number of rotatable bonds is 3. The third-order valence-corrected chi connectivity index (χ3v) is 4.33. The fourth-order valence-electron chi connectivity index (χ4n) is 2.73. The Balaban J connectivity index is 2.61. The number of fused-ring (bicyclic) bond motifs is 3. The second-order valence-electron chi connectivity index (χ2n) is 5.03. The molecule has 3 rings (SSSR count). The average molecular weight is 335 g/mol. The van der Waals surface area contributed by atoms with Gasteiger partial charge in [-0.3, -0.25) is 0 Å². The van der Waals surface area contributed by atoms with E-state index in [4.69, 9.17) is 30.2 Å². The molecule has 1 heterocycles. The summed E-state index contributed by atoms with van der Waals surface area (Å²) in [6, 6.07) is 5.02. The summed E-state index contributed by atoms with van der Waals surface area (Å²) in [6.45, 7) is 1.85. The molecule has 0 N–H and O–H groups in total. The molecule has 23 heavy (non-hydrogen) atoms. The molecule has 0 atom stereocenters. The molecule has 0 fully saturated rings. The van der Waals surface area contributed by atoms with Crippen LogP contribution >= 0.6 is 11.6 Å². The van der Waals surface area contributed by atoms with Gasteiger partial charge in [0, 0.05) is 22.9 Å². The SMILES string of the molecule is COc1cc(OC)c2c(=O)oc3cc(OC)c(Cl)c(C)c3c2c1. The van der Waals surface area contributed by atoms with E-state index < -0.39 is 5.63 Å². The molecule has 0 aliphatic carbocycles. The van der Waals surface area contributed by atoms with Crippen LogP contribution in [-0.2, 0) is 0 Å². The van der Waals surface area contributed by atoms with Crippen molar-refractivity contribution in [1.82, 2.24) is 0 Å². The first-order valence-corrected chi connectivity index (χ1v) is 7.25. The van der Waals surface area contributed by atoms with Crippen molar-refractivity contribution >= 4 is 33.3 Å². The van der Waals surface area contributed by atoms with Crippen molar-refractivity contribution in [3.63, 3.8) is 0 Å². The summed E-state index contributed by atoms with van der Waals surface area (Å²) in [5, 5.41) is 2.21. The molecule has 3 aromatic rings. The van der Waals surface area contributed by atoms with Gasteiger partial charge in [-0.15, -0.1) is 0 Å². The Labute approximate surface area is 137 Å². The lowest BCUT2D eigenvalue weighted by atomic mass is 10.0. The van der Waals surface area contributed by atoms with Crippen LogP contribution in [-0.4, -0.2) is 21.3 Å². The smallest absolute Gasteiger partial charge is 0.347 e. The number of hydrogen-bond acceptors (Lipinski definition) is 5. The van der Waals surface area contributed by atoms with Gasteiger partial charge in [0.25, 0.3) is 0 Å². The van der Waals surface area contributed by atoms with Crippen LogP contribution in [0.25, 0.3) is 21.7 Å². The summed E-state index contributed by atoms with van der Waals surface area (Å²) in [5.74, 6) is 1.42. The van der Waals surface area contributed by atoms with E-state index in [1.165, 1.54) is 14.2 Å². The van der Waals surface area contributed by atoms with Crippen LogP contribution in [0.5, 0.6) is 17.2 Å². The highest BCUT2D eigenvalue weighted by molar-refractivity contribution is 6.34. The van der Waals surface area contributed by atoms with Crippen molar-refractivity contribution in [3.05, 3.63) is 39.2 Å². The first-order chi connectivity index (χ1) is 11.0. The Kier molecular flexibility index (Phi) is 3.82. The second kappa shape index (κ2) is 5.66. The lowest BCUT2D eigenvalue weighted by Gasteiger charge is -2.13. The largest absolute Gasteiger partial charge is 0.497 e. The third kappa shape index (κ3) is 2.28. The molecule has 6 heteroatoms. The molecule has 120 valence electrons. The third-order valence-electron chi connectivity index (χ3n) is 3.86. The van der Waals surface area contributed by atoms with Crippen LogP contribution in [0.15, 0.2) is 27.4 Å². The number of aryl methyl sites for hydroxylation is 1. The molecule has 0 aliphatic rings. The van der Waals surface area contributed by atoms with E-state index in [1.807, 2.05) is 6.92 Å². The van der Waals surface area contributed by atoms with E-state index in [0.29, 0.717) is 38.6 Å². The highest BCUT2D eigenvalue weighted by atomic mass is 35.5. The van der Waals surface area contributed by atoms with Gasteiger partial charge >= 0.3 is 5.63 Å². The van der Waals surface area contributed by atoms with Crippen molar-refractivity contribution in [2.24, 2.45) is 0 Å². The van der Waals surface area contributed by atoms with Gasteiger partial charge in [0.2, 0.25) is 0 Å². The fourth-order valence-corrected chi connectivity index (χ4v) is 2.95. The number of halogens is 1. The van der Waals surface area contributed by atoms with Crippen molar-refractivity contribution in [3.8, 4) is 17.2 Å². The maximum atomic E-state index is 12.4. The zero-order chi connectivity index (χ0) is 16.7. The number of methoxy groups -OCH3 is 3. The Morgan fingerprint density at radius 2 is 1.65 bits per heavy atom. The van der Waals surface area contributed by atoms with Gasteiger partial charge < -0.3 is 18.6 Å². The molecule has 0 spiro atoms. The normalized spacial score (nSPS) is 11.0.